The lowest BCUT2D eigenvalue weighted by Gasteiger charge is -2.44. The van der Waals surface area contributed by atoms with Crippen LogP contribution >= 0.6 is 0 Å². The van der Waals surface area contributed by atoms with Crippen LogP contribution in [0.25, 0.3) is 0 Å². The molecule has 1 aliphatic carbocycles. The van der Waals surface area contributed by atoms with E-state index >= 15 is 0 Å². The van der Waals surface area contributed by atoms with Crippen molar-refractivity contribution in [2.45, 2.75) is 70.1 Å². The highest BCUT2D eigenvalue weighted by Gasteiger charge is 2.40. The zero-order valence-electron chi connectivity index (χ0n) is 9.46. The first-order valence-corrected chi connectivity index (χ1v) is 6.02. The van der Waals surface area contributed by atoms with Crippen molar-refractivity contribution in [1.29, 1.82) is 0 Å². The van der Waals surface area contributed by atoms with Crippen LogP contribution in [0, 0.1) is 5.92 Å². The smallest absolute Gasteiger partial charge is 0.0645 e. The SMILES string of the molecule is CC1(C)CC(N)C2CCCCCC2O1. The largest absolute Gasteiger partial charge is 0.372 e. The van der Waals surface area contributed by atoms with E-state index in [-0.39, 0.29) is 5.60 Å². The fourth-order valence-corrected chi connectivity index (χ4v) is 3.12. The number of hydrogen-bond donors (Lipinski definition) is 1. The number of nitrogens with two attached hydrogens (primary N) is 1. The Morgan fingerprint density at radius 1 is 1.14 bits per heavy atom. The lowest BCUT2D eigenvalue weighted by molar-refractivity contribution is -0.143. The van der Waals surface area contributed by atoms with Crippen molar-refractivity contribution in [1.82, 2.24) is 0 Å². The Labute approximate surface area is 87.2 Å². The zero-order chi connectivity index (χ0) is 10.2. The average Bonchev–Trinajstić information content (AvgIpc) is 2.27. The van der Waals surface area contributed by atoms with Crippen molar-refractivity contribution in [3.8, 4) is 0 Å². The lowest BCUT2D eigenvalue weighted by atomic mass is 9.80. The molecule has 2 nitrogen and oxygen atoms in total. The van der Waals surface area contributed by atoms with E-state index in [4.69, 9.17) is 10.5 Å². The van der Waals surface area contributed by atoms with Gasteiger partial charge in [0.25, 0.3) is 0 Å². The van der Waals surface area contributed by atoms with Gasteiger partial charge in [0, 0.05) is 12.0 Å². The standard InChI is InChI=1S/C12H23NO/c1-12(2)8-10(13)9-6-4-3-5-7-11(9)14-12/h9-11H,3-8,13H2,1-2H3. The summed E-state index contributed by atoms with van der Waals surface area (Å²) in [5.41, 5.74) is 6.26. The molecule has 1 aliphatic heterocycles. The number of fused-ring (bicyclic) bond motifs is 1. The molecule has 3 atom stereocenters. The quantitative estimate of drug-likeness (QED) is 0.647. The molecule has 2 fully saturated rings. The molecule has 0 aromatic carbocycles. The second-order valence-electron chi connectivity index (χ2n) is 5.59. The lowest BCUT2D eigenvalue weighted by Crippen LogP contribution is -2.51. The molecule has 1 saturated heterocycles. The molecule has 2 aliphatic rings. The van der Waals surface area contributed by atoms with Gasteiger partial charge >= 0.3 is 0 Å². The van der Waals surface area contributed by atoms with Gasteiger partial charge in [0.1, 0.15) is 0 Å². The maximum absolute atomic E-state index is 6.25. The van der Waals surface area contributed by atoms with Crippen molar-refractivity contribution in [3.63, 3.8) is 0 Å². The second-order valence-corrected chi connectivity index (χ2v) is 5.59. The first-order valence-electron chi connectivity index (χ1n) is 6.02. The third-order valence-electron chi connectivity index (χ3n) is 3.75. The molecule has 3 unspecified atom stereocenters. The van der Waals surface area contributed by atoms with E-state index in [1.54, 1.807) is 0 Å². The van der Waals surface area contributed by atoms with Crippen molar-refractivity contribution < 1.29 is 4.74 Å². The van der Waals surface area contributed by atoms with Gasteiger partial charge in [0.15, 0.2) is 0 Å². The first kappa shape index (κ1) is 10.4. The van der Waals surface area contributed by atoms with E-state index < -0.39 is 0 Å². The van der Waals surface area contributed by atoms with Crippen LogP contribution in [-0.4, -0.2) is 17.7 Å². The van der Waals surface area contributed by atoms with Crippen LogP contribution < -0.4 is 5.73 Å². The van der Waals surface area contributed by atoms with Gasteiger partial charge in [-0.3, -0.25) is 0 Å². The number of rotatable bonds is 0. The number of hydrogen-bond acceptors (Lipinski definition) is 2. The van der Waals surface area contributed by atoms with Gasteiger partial charge in [-0.25, -0.2) is 0 Å². The Hall–Kier alpha value is -0.0800. The van der Waals surface area contributed by atoms with Crippen LogP contribution in [0.2, 0.25) is 0 Å². The molecule has 0 spiro atoms. The van der Waals surface area contributed by atoms with Crippen LogP contribution in [0.3, 0.4) is 0 Å². The van der Waals surface area contributed by atoms with E-state index in [1.807, 2.05) is 0 Å². The van der Waals surface area contributed by atoms with E-state index in [0.29, 0.717) is 18.1 Å². The summed E-state index contributed by atoms with van der Waals surface area (Å²) in [6, 6.07) is 0.363. The van der Waals surface area contributed by atoms with Crippen LogP contribution in [-0.2, 0) is 4.74 Å². The molecule has 2 rings (SSSR count). The van der Waals surface area contributed by atoms with Crippen molar-refractivity contribution in [2.75, 3.05) is 0 Å². The van der Waals surface area contributed by atoms with Crippen LogP contribution in [0.1, 0.15) is 52.4 Å². The minimum absolute atomic E-state index is 0.00488. The fraction of sp³-hybridized carbons (Fsp3) is 1.00. The summed E-state index contributed by atoms with van der Waals surface area (Å²) in [6.45, 7) is 4.35. The van der Waals surface area contributed by atoms with Crippen molar-refractivity contribution >= 4 is 0 Å². The maximum atomic E-state index is 6.25. The molecule has 1 saturated carbocycles. The summed E-state index contributed by atoms with van der Waals surface area (Å²) in [7, 11) is 0. The molecular formula is C12H23NO. The minimum Gasteiger partial charge on any atom is -0.372 e. The third-order valence-corrected chi connectivity index (χ3v) is 3.75. The highest BCUT2D eigenvalue weighted by Crippen LogP contribution is 2.38. The molecule has 0 aromatic heterocycles. The summed E-state index contributed by atoms with van der Waals surface area (Å²) in [5.74, 6) is 0.630. The highest BCUT2D eigenvalue weighted by atomic mass is 16.5. The van der Waals surface area contributed by atoms with Gasteiger partial charge in [-0.1, -0.05) is 19.3 Å². The fourth-order valence-electron chi connectivity index (χ4n) is 3.12. The Kier molecular flexibility index (Phi) is 2.85. The summed E-state index contributed by atoms with van der Waals surface area (Å²) in [5, 5.41) is 0. The first-order chi connectivity index (χ1) is 6.58. The minimum atomic E-state index is 0.00488. The Balaban J connectivity index is 2.08. The van der Waals surface area contributed by atoms with Gasteiger partial charge in [0.05, 0.1) is 11.7 Å². The zero-order valence-corrected chi connectivity index (χ0v) is 9.46. The summed E-state index contributed by atoms with van der Waals surface area (Å²) in [6.07, 6.45) is 8.00. The van der Waals surface area contributed by atoms with E-state index in [9.17, 15) is 0 Å². The van der Waals surface area contributed by atoms with Gasteiger partial charge < -0.3 is 10.5 Å². The Morgan fingerprint density at radius 3 is 2.64 bits per heavy atom. The molecule has 0 bridgehead atoms. The Bertz CT molecular complexity index is 202. The molecule has 0 aromatic rings. The van der Waals surface area contributed by atoms with Gasteiger partial charge in [0.2, 0.25) is 0 Å². The molecule has 2 heteroatoms. The normalized spacial score (nSPS) is 42.6. The predicted octanol–water partition coefficient (Wildman–Crippen LogP) is 2.46. The number of ether oxygens (including phenoxy) is 1. The van der Waals surface area contributed by atoms with E-state index in [2.05, 4.69) is 13.8 Å². The van der Waals surface area contributed by atoms with Gasteiger partial charge in [-0.2, -0.15) is 0 Å². The molecule has 0 amide bonds. The molecular weight excluding hydrogens is 174 g/mol. The third kappa shape index (κ3) is 2.12. The van der Waals surface area contributed by atoms with Gasteiger partial charge in [-0.15, -0.1) is 0 Å². The second kappa shape index (κ2) is 3.82. The van der Waals surface area contributed by atoms with Crippen LogP contribution in [0.5, 0.6) is 0 Å². The van der Waals surface area contributed by atoms with E-state index in [1.165, 1.54) is 32.1 Å². The summed E-state index contributed by atoms with van der Waals surface area (Å²) >= 11 is 0. The van der Waals surface area contributed by atoms with E-state index in [0.717, 1.165) is 6.42 Å². The average molecular weight is 197 g/mol. The maximum Gasteiger partial charge on any atom is 0.0645 e. The predicted molar refractivity (Wildman–Crippen MR) is 58.1 cm³/mol. The molecule has 82 valence electrons. The summed E-state index contributed by atoms with van der Waals surface area (Å²) < 4.78 is 6.15. The van der Waals surface area contributed by atoms with Crippen molar-refractivity contribution in [2.24, 2.45) is 11.7 Å². The summed E-state index contributed by atoms with van der Waals surface area (Å²) in [4.78, 5) is 0. The molecule has 0 radical (unpaired) electrons. The highest BCUT2D eigenvalue weighted by molar-refractivity contribution is 4.92. The Morgan fingerprint density at radius 2 is 1.86 bits per heavy atom. The monoisotopic (exact) mass is 197 g/mol. The molecule has 2 N–H and O–H groups in total. The molecule has 14 heavy (non-hydrogen) atoms. The van der Waals surface area contributed by atoms with Crippen LogP contribution in [0.15, 0.2) is 0 Å². The molecule has 1 heterocycles. The van der Waals surface area contributed by atoms with Gasteiger partial charge in [-0.05, 0) is 33.1 Å². The van der Waals surface area contributed by atoms with Crippen LogP contribution in [0.4, 0.5) is 0 Å². The topological polar surface area (TPSA) is 35.2 Å². The van der Waals surface area contributed by atoms with Crippen molar-refractivity contribution in [3.05, 3.63) is 0 Å².